The molecule has 0 unspecified atom stereocenters. The summed E-state index contributed by atoms with van der Waals surface area (Å²) in [6.07, 6.45) is 4.47. The summed E-state index contributed by atoms with van der Waals surface area (Å²) in [4.78, 5) is 35.3. The van der Waals surface area contributed by atoms with Crippen LogP contribution in [0.5, 0.6) is 0 Å². The molecule has 4 nitrogen and oxygen atoms in total. The molecule has 0 N–H and O–H groups in total. The van der Waals surface area contributed by atoms with Crippen LogP contribution in [0.3, 0.4) is 0 Å². The van der Waals surface area contributed by atoms with Gasteiger partial charge in [0.05, 0.1) is 5.41 Å². The van der Waals surface area contributed by atoms with Crippen LogP contribution in [-0.4, -0.2) is 24.1 Å². The van der Waals surface area contributed by atoms with Gasteiger partial charge in [-0.1, -0.05) is 12.5 Å². The summed E-state index contributed by atoms with van der Waals surface area (Å²) < 4.78 is 5.82. The van der Waals surface area contributed by atoms with Crippen LogP contribution in [0.1, 0.15) is 66.2 Å². The van der Waals surface area contributed by atoms with Gasteiger partial charge in [-0.3, -0.25) is 9.59 Å². The highest BCUT2D eigenvalue weighted by Gasteiger charge is 2.47. The van der Waals surface area contributed by atoms with Crippen LogP contribution in [0, 0.1) is 10.8 Å². The van der Waals surface area contributed by atoms with Gasteiger partial charge in [0.1, 0.15) is 12.4 Å². The second kappa shape index (κ2) is 5.98. The molecule has 0 heterocycles. The summed E-state index contributed by atoms with van der Waals surface area (Å²) in [6, 6.07) is 0. The normalized spacial score (nSPS) is 29.1. The van der Waals surface area contributed by atoms with Gasteiger partial charge >= 0.3 is 5.97 Å². The molecule has 22 heavy (non-hydrogen) atoms. The molecule has 0 aliphatic heterocycles. The van der Waals surface area contributed by atoms with Crippen LogP contribution in [0.4, 0.5) is 0 Å². The maximum Gasteiger partial charge on any atom is 0.311 e. The van der Waals surface area contributed by atoms with E-state index in [0.717, 1.165) is 31.1 Å². The quantitative estimate of drug-likeness (QED) is 0.592. The molecule has 2 aliphatic carbocycles. The molecule has 0 aromatic carbocycles. The molecule has 0 bridgehead atoms. The van der Waals surface area contributed by atoms with Crippen molar-refractivity contribution >= 4 is 18.0 Å². The van der Waals surface area contributed by atoms with Crippen molar-refractivity contribution < 1.29 is 19.1 Å². The molecule has 4 heteroatoms. The van der Waals surface area contributed by atoms with Crippen molar-refractivity contribution in [3.63, 3.8) is 0 Å². The summed E-state index contributed by atoms with van der Waals surface area (Å²) in [6.45, 7) is 7.62. The topological polar surface area (TPSA) is 60.4 Å². The average molecular weight is 306 g/mol. The fraction of sp³-hybridized carbons (Fsp3) is 0.722. The van der Waals surface area contributed by atoms with Gasteiger partial charge in [-0.25, -0.2) is 0 Å². The Hall–Kier alpha value is -1.45. The van der Waals surface area contributed by atoms with E-state index in [1.54, 1.807) is 0 Å². The molecule has 0 saturated heterocycles. The minimum Gasteiger partial charge on any atom is -0.461 e. The van der Waals surface area contributed by atoms with Crippen LogP contribution in [0.2, 0.25) is 0 Å². The molecule has 2 rings (SSSR count). The number of ketones is 1. The number of allylic oxidation sites excluding steroid dienone is 1. The van der Waals surface area contributed by atoms with E-state index >= 15 is 0 Å². The number of Topliss-reactive ketones (excluding diaryl/α,β-unsaturated/α-hetero) is 1. The molecule has 0 amide bonds. The molecule has 1 saturated carbocycles. The zero-order chi connectivity index (χ0) is 16.5. The number of carbonyl (C=O) groups excluding carboxylic acids is 3. The van der Waals surface area contributed by atoms with Gasteiger partial charge in [0, 0.05) is 23.8 Å². The highest BCUT2D eigenvalue weighted by atomic mass is 16.5. The Balaban J connectivity index is 2.34. The minimum atomic E-state index is -0.534. The molecule has 2 aliphatic rings. The van der Waals surface area contributed by atoms with E-state index in [1.165, 1.54) is 0 Å². The first-order chi connectivity index (χ1) is 10.2. The standard InChI is InChI=1S/C18H26O4/c1-17(2,3)16(21)22-15-7-5-6-13-12(9-11-19)14(20)8-10-18(13,15)4/h11,15H,5-10H2,1-4H3/t15-,18-/m0/s1. The average Bonchev–Trinajstić information content (AvgIpc) is 2.43. The fourth-order valence-electron chi connectivity index (χ4n) is 3.58. The van der Waals surface area contributed by atoms with E-state index in [4.69, 9.17) is 4.74 Å². The van der Waals surface area contributed by atoms with E-state index in [9.17, 15) is 14.4 Å². The van der Waals surface area contributed by atoms with Crippen LogP contribution in [0.25, 0.3) is 0 Å². The van der Waals surface area contributed by atoms with Crippen LogP contribution < -0.4 is 0 Å². The van der Waals surface area contributed by atoms with Gasteiger partial charge in [-0.2, -0.15) is 0 Å². The number of rotatable bonds is 3. The molecule has 122 valence electrons. The number of carbonyl (C=O) groups is 3. The molecular weight excluding hydrogens is 280 g/mol. The predicted molar refractivity (Wildman–Crippen MR) is 83.2 cm³/mol. The highest BCUT2D eigenvalue weighted by Crippen LogP contribution is 2.50. The molecule has 0 aromatic rings. The zero-order valence-electron chi connectivity index (χ0n) is 14.0. The Morgan fingerprint density at radius 3 is 2.64 bits per heavy atom. The molecule has 1 fully saturated rings. The molecule has 2 atom stereocenters. The number of hydrogen-bond acceptors (Lipinski definition) is 4. The lowest BCUT2D eigenvalue weighted by Gasteiger charge is -2.46. The van der Waals surface area contributed by atoms with Crippen molar-refractivity contribution in [2.75, 3.05) is 0 Å². The summed E-state index contributed by atoms with van der Waals surface area (Å²) in [5.41, 5.74) is 0.883. The third-order valence-electron chi connectivity index (χ3n) is 5.01. The highest BCUT2D eigenvalue weighted by molar-refractivity contribution is 5.99. The van der Waals surface area contributed by atoms with Crippen molar-refractivity contribution in [3.05, 3.63) is 11.1 Å². The van der Waals surface area contributed by atoms with Crippen molar-refractivity contribution in [1.29, 1.82) is 0 Å². The third-order valence-corrected chi connectivity index (χ3v) is 5.01. The number of aldehydes is 1. The lowest BCUT2D eigenvalue weighted by Crippen LogP contribution is -2.45. The predicted octanol–water partition coefficient (Wildman–Crippen LogP) is 3.38. The number of esters is 1. The van der Waals surface area contributed by atoms with E-state index in [0.29, 0.717) is 18.4 Å². The molecule has 0 radical (unpaired) electrons. The Bertz CT molecular complexity index is 524. The second-order valence-electron chi connectivity index (χ2n) is 7.70. The third kappa shape index (κ3) is 3.01. The molecular formula is C18H26O4. The van der Waals surface area contributed by atoms with Crippen molar-refractivity contribution in [3.8, 4) is 0 Å². The van der Waals surface area contributed by atoms with Crippen LogP contribution in [-0.2, 0) is 19.1 Å². The Morgan fingerprint density at radius 1 is 1.36 bits per heavy atom. The van der Waals surface area contributed by atoms with Gasteiger partial charge in [0.2, 0.25) is 0 Å². The molecule has 0 aromatic heterocycles. The van der Waals surface area contributed by atoms with Gasteiger partial charge < -0.3 is 9.53 Å². The Labute approximate surface area is 132 Å². The summed E-state index contributed by atoms with van der Waals surface area (Å²) in [7, 11) is 0. The van der Waals surface area contributed by atoms with E-state index in [-0.39, 0.29) is 29.7 Å². The Kier molecular flexibility index (Phi) is 4.59. The van der Waals surface area contributed by atoms with E-state index < -0.39 is 5.41 Å². The lowest BCUT2D eigenvalue weighted by atomic mass is 9.61. The number of fused-ring (bicyclic) bond motifs is 1. The summed E-state index contributed by atoms with van der Waals surface area (Å²) in [5.74, 6) is -0.115. The first-order valence-electron chi connectivity index (χ1n) is 8.10. The number of hydrogen-bond donors (Lipinski definition) is 0. The largest absolute Gasteiger partial charge is 0.461 e. The summed E-state index contributed by atoms with van der Waals surface area (Å²) >= 11 is 0. The maximum atomic E-state index is 12.3. The van der Waals surface area contributed by atoms with Gasteiger partial charge in [0.15, 0.2) is 5.78 Å². The number of ether oxygens (including phenoxy) is 1. The van der Waals surface area contributed by atoms with E-state index in [2.05, 4.69) is 6.92 Å². The second-order valence-corrected chi connectivity index (χ2v) is 7.70. The van der Waals surface area contributed by atoms with Crippen molar-refractivity contribution in [2.45, 2.75) is 72.3 Å². The lowest BCUT2D eigenvalue weighted by molar-refractivity contribution is -0.166. The SMILES string of the molecule is CC(C)(C)C(=O)O[C@H]1CCCC2=C(CC=O)C(=O)CC[C@@]21C. The van der Waals surface area contributed by atoms with Gasteiger partial charge in [-0.15, -0.1) is 0 Å². The van der Waals surface area contributed by atoms with Crippen molar-refractivity contribution in [2.24, 2.45) is 10.8 Å². The molecule has 0 spiro atoms. The monoisotopic (exact) mass is 306 g/mol. The maximum absolute atomic E-state index is 12.3. The van der Waals surface area contributed by atoms with Gasteiger partial charge in [-0.05, 0) is 46.5 Å². The van der Waals surface area contributed by atoms with Gasteiger partial charge in [0.25, 0.3) is 0 Å². The fourth-order valence-corrected chi connectivity index (χ4v) is 3.58. The minimum absolute atomic E-state index is 0.0855. The van der Waals surface area contributed by atoms with E-state index in [1.807, 2.05) is 20.8 Å². The zero-order valence-corrected chi connectivity index (χ0v) is 14.0. The first kappa shape index (κ1) is 16.9. The van der Waals surface area contributed by atoms with Crippen LogP contribution in [0.15, 0.2) is 11.1 Å². The summed E-state index contributed by atoms with van der Waals surface area (Å²) in [5, 5.41) is 0. The Morgan fingerprint density at radius 2 is 2.05 bits per heavy atom. The smallest absolute Gasteiger partial charge is 0.311 e. The van der Waals surface area contributed by atoms with Crippen LogP contribution >= 0.6 is 0 Å². The van der Waals surface area contributed by atoms with Crippen molar-refractivity contribution in [1.82, 2.24) is 0 Å². The first-order valence-corrected chi connectivity index (χ1v) is 8.10.